The second kappa shape index (κ2) is 4.41. The molecule has 1 rings (SSSR count). The van der Waals surface area contributed by atoms with Gasteiger partial charge in [-0.1, -0.05) is 0 Å². The minimum Gasteiger partial charge on any atom is -0.352 e. The number of carbonyl (C=O) groups is 2. The first kappa shape index (κ1) is 11.0. The molecule has 0 aromatic heterocycles. The molecule has 1 saturated heterocycles. The van der Waals surface area contributed by atoms with Gasteiger partial charge in [-0.2, -0.15) is 0 Å². The lowest BCUT2D eigenvalue weighted by Crippen LogP contribution is -2.52. The number of primary amides is 1. The van der Waals surface area contributed by atoms with E-state index in [4.69, 9.17) is 5.73 Å². The first-order valence-electron chi connectivity index (χ1n) is 4.80. The van der Waals surface area contributed by atoms with Crippen LogP contribution in [0.25, 0.3) is 0 Å². The van der Waals surface area contributed by atoms with Crippen molar-refractivity contribution in [3.05, 3.63) is 0 Å². The fourth-order valence-corrected chi connectivity index (χ4v) is 1.81. The summed E-state index contributed by atoms with van der Waals surface area (Å²) in [5, 5.41) is 2.55. The number of nitrogens with two attached hydrogens (primary N) is 1. The molecule has 0 radical (unpaired) electrons. The minimum atomic E-state index is -0.739. The average molecular weight is 199 g/mol. The van der Waals surface area contributed by atoms with E-state index in [0.717, 1.165) is 25.8 Å². The molecule has 0 aliphatic carbocycles. The Morgan fingerprint density at radius 1 is 1.50 bits per heavy atom. The van der Waals surface area contributed by atoms with Crippen molar-refractivity contribution in [3.63, 3.8) is 0 Å². The van der Waals surface area contributed by atoms with Gasteiger partial charge in [0.05, 0.1) is 5.54 Å². The lowest BCUT2D eigenvalue weighted by atomic mass is 9.92. The van der Waals surface area contributed by atoms with Gasteiger partial charge in [-0.25, -0.2) is 4.79 Å². The number of nitrogens with zero attached hydrogens (tertiary/aromatic N) is 1. The molecule has 1 aliphatic heterocycles. The van der Waals surface area contributed by atoms with Gasteiger partial charge in [-0.15, -0.1) is 0 Å². The second-order valence-corrected chi connectivity index (χ2v) is 3.92. The zero-order valence-corrected chi connectivity index (χ0v) is 8.45. The van der Waals surface area contributed by atoms with E-state index in [-0.39, 0.29) is 0 Å². The molecule has 1 atom stereocenters. The van der Waals surface area contributed by atoms with Gasteiger partial charge >= 0.3 is 6.03 Å². The van der Waals surface area contributed by atoms with Crippen LogP contribution in [-0.2, 0) is 4.79 Å². The lowest BCUT2D eigenvalue weighted by Gasteiger charge is -2.26. The molecule has 1 heterocycles. The highest BCUT2D eigenvalue weighted by atomic mass is 16.2. The number of amides is 2. The van der Waals surface area contributed by atoms with Crippen molar-refractivity contribution in [2.24, 2.45) is 5.73 Å². The van der Waals surface area contributed by atoms with Crippen LogP contribution in [0.3, 0.4) is 0 Å². The molecule has 5 heteroatoms. The standard InChI is InChI=1S/C9H17N3O2/c1-12-5-2-3-9(7-13,4-6-12)11-8(10)14/h7H,2-6H2,1H3,(H3,10,11,14). The van der Waals surface area contributed by atoms with Crippen LogP contribution < -0.4 is 11.1 Å². The Hall–Kier alpha value is -1.10. The predicted octanol–water partition coefficient (Wildman–Crippen LogP) is -0.292. The van der Waals surface area contributed by atoms with Crippen LogP contribution in [0, 0.1) is 0 Å². The molecule has 2 amide bonds. The van der Waals surface area contributed by atoms with Gasteiger partial charge in [0.2, 0.25) is 0 Å². The number of nitrogens with one attached hydrogen (secondary N) is 1. The molecule has 5 nitrogen and oxygen atoms in total. The van der Waals surface area contributed by atoms with E-state index in [1.54, 1.807) is 0 Å². The Kier molecular flexibility index (Phi) is 3.46. The van der Waals surface area contributed by atoms with Crippen LogP contribution in [0.2, 0.25) is 0 Å². The smallest absolute Gasteiger partial charge is 0.312 e. The molecule has 1 aliphatic rings. The summed E-state index contributed by atoms with van der Waals surface area (Å²) < 4.78 is 0. The van der Waals surface area contributed by atoms with Crippen molar-refractivity contribution in [3.8, 4) is 0 Å². The normalized spacial score (nSPS) is 29.2. The Balaban J connectivity index is 2.67. The summed E-state index contributed by atoms with van der Waals surface area (Å²) in [6.45, 7) is 1.76. The van der Waals surface area contributed by atoms with Crippen LogP contribution in [0.4, 0.5) is 4.79 Å². The zero-order valence-electron chi connectivity index (χ0n) is 8.45. The molecule has 1 fully saturated rings. The minimum absolute atomic E-state index is 0.623. The molecule has 3 N–H and O–H groups in total. The number of likely N-dealkylation sites (tertiary alicyclic amines) is 1. The molecule has 0 aromatic rings. The Morgan fingerprint density at radius 3 is 2.79 bits per heavy atom. The summed E-state index contributed by atoms with van der Waals surface area (Å²) in [6.07, 6.45) is 3.02. The first-order chi connectivity index (χ1) is 6.58. The van der Waals surface area contributed by atoms with Crippen LogP contribution in [-0.4, -0.2) is 42.9 Å². The molecule has 14 heavy (non-hydrogen) atoms. The fraction of sp³-hybridized carbons (Fsp3) is 0.778. The van der Waals surface area contributed by atoms with Gasteiger partial charge in [0.1, 0.15) is 6.29 Å². The highest BCUT2D eigenvalue weighted by Crippen LogP contribution is 2.19. The summed E-state index contributed by atoms with van der Waals surface area (Å²) in [7, 11) is 2.01. The number of rotatable bonds is 2. The second-order valence-electron chi connectivity index (χ2n) is 3.92. The van der Waals surface area contributed by atoms with Crippen molar-refractivity contribution in [2.45, 2.75) is 24.8 Å². The van der Waals surface area contributed by atoms with Gasteiger partial charge < -0.3 is 20.7 Å². The molecule has 0 saturated carbocycles. The fourth-order valence-electron chi connectivity index (χ4n) is 1.81. The maximum atomic E-state index is 11.0. The van der Waals surface area contributed by atoms with Gasteiger partial charge in [0.25, 0.3) is 0 Å². The predicted molar refractivity (Wildman–Crippen MR) is 52.9 cm³/mol. The third kappa shape index (κ3) is 2.70. The highest BCUT2D eigenvalue weighted by molar-refractivity contribution is 5.79. The van der Waals surface area contributed by atoms with Gasteiger partial charge in [0, 0.05) is 6.54 Å². The van der Waals surface area contributed by atoms with Crippen molar-refractivity contribution in [1.82, 2.24) is 10.2 Å². The van der Waals surface area contributed by atoms with Crippen LogP contribution in [0.5, 0.6) is 0 Å². The third-order valence-corrected chi connectivity index (χ3v) is 2.70. The number of aldehydes is 1. The monoisotopic (exact) mass is 199 g/mol. The Labute approximate surface area is 83.6 Å². The topological polar surface area (TPSA) is 75.4 Å². The first-order valence-corrected chi connectivity index (χ1v) is 4.80. The largest absolute Gasteiger partial charge is 0.352 e. The third-order valence-electron chi connectivity index (χ3n) is 2.70. The maximum Gasteiger partial charge on any atom is 0.312 e. The van der Waals surface area contributed by atoms with Crippen LogP contribution >= 0.6 is 0 Å². The average Bonchev–Trinajstić information content (AvgIpc) is 2.29. The van der Waals surface area contributed by atoms with Crippen molar-refractivity contribution < 1.29 is 9.59 Å². The number of urea groups is 1. The SMILES string of the molecule is CN1CCCC(C=O)(NC(N)=O)CC1. The summed E-state index contributed by atoms with van der Waals surface area (Å²) in [5.74, 6) is 0. The quantitative estimate of drug-likeness (QED) is 0.600. The van der Waals surface area contributed by atoms with Gasteiger partial charge in [-0.3, -0.25) is 0 Å². The van der Waals surface area contributed by atoms with Crippen LogP contribution in [0.15, 0.2) is 0 Å². The van der Waals surface area contributed by atoms with E-state index in [1.807, 2.05) is 7.05 Å². The summed E-state index contributed by atoms with van der Waals surface area (Å²) in [4.78, 5) is 23.9. The number of carbonyl (C=O) groups excluding carboxylic acids is 2. The van der Waals surface area contributed by atoms with E-state index in [2.05, 4.69) is 10.2 Å². The molecule has 0 aromatic carbocycles. The Bertz CT molecular complexity index is 232. The van der Waals surface area contributed by atoms with E-state index < -0.39 is 11.6 Å². The van der Waals surface area contributed by atoms with Crippen molar-refractivity contribution in [1.29, 1.82) is 0 Å². The molecule has 1 unspecified atom stereocenters. The molecular weight excluding hydrogens is 182 g/mol. The van der Waals surface area contributed by atoms with Crippen LogP contribution in [0.1, 0.15) is 19.3 Å². The number of hydrogen-bond acceptors (Lipinski definition) is 3. The van der Waals surface area contributed by atoms with E-state index >= 15 is 0 Å². The van der Waals surface area contributed by atoms with Crippen molar-refractivity contribution in [2.75, 3.05) is 20.1 Å². The highest BCUT2D eigenvalue weighted by Gasteiger charge is 2.32. The number of hydrogen-bond donors (Lipinski definition) is 2. The summed E-state index contributed by atoms with van der Waals surface area (Å²) in [5.41, 5.74) is 4.31. The summed E-state index contributed by atoms with van der Waals surface area (Å²) in [6, 6.07) is -0.623. The van der Waals surface area contributed by atoms with Crippen molar-refractivity contribution >= 4 is 12.3 Å². The maximum absolute atomic E-state index is 11.0. The van der Waals surface area contributed by atoms with E-state index in [1.165, 1.54) is 0 Å². The molecular formula is C9H17N3O2. The Morgan fingerprint density at radius 2 is 2.21 bits per heavy atom. The van der Waals surface area contributed by atoms with E-state index in [9.17, 15) is 9.59 Å². The van der Waals surface area contributed by atoms with Gasteiger partial charge in [-0.05, 0) is 32.9 Å². The van der Waals surface area contributed by atoms with E-state index in [0.29, 0.717) is 12.8 Å². The molecule has 0 bridgehead atoms. The lowest BCUT2D eigenvalue weighted by molar-refractivity contribution is -0.113. The van der Waals surface area contributed by atoms with Gasteiger partial charge in [0.15, 0.2) is 0 Å². The summed E-state index contributed by atoms with van der Waals surface area (Å²) >= 11 is 0. The molecule has 0 spiro atoms. The zero-order chi connectivity index (χ0) is 10.6. The molecule has 80 valence electrons.